The molecule has 1 aliphatic rings. The van der Waals surface area contributed by atoms with Crippen molar-refractivity contribution in [1.29, 1.82) is 0 Å². The number of hydrogen-bond donors (Lipinski definition) is 1. The number of pyridine rings is 1. The van der Waals surface area contributed by atoms with Crippen LogP contribution in [0.1, 0.15) is 35.8 Å². The molecule has 0 radical (unpaired) electrons. The average molecular weight is 393 g/mol. The van der Waals surface area contributed by atoms with Crippen LogP contribution in [-0.4, -0.2) is 26.8 Å². The summed E-state index contributed by atoms with van der Waals surface area (Å²) in [6.07, 6.45) is 6.49. The van der Waals surface area contributed by atoms with Gasteiger partial charge in [-0.2, -0.15) is 0 Å². The molecule has 0 bridgehead atoms. The molecule has 2 amide bonds. The van der Waals surface area contributed by atoms with Crippen LogP contribution in [0.3, 0.4) is 0 Å². The smallest absolute Gasteiger partial charge is 0.234 e. The fourth-order valence-electron chi connectivity index (χ4n) is 3.30. The Kier molecular flexibility index (Phi) is 5.12. The maximum atomic E-state index is 12.2. The van der Waals surface area contributed by atoms with Crippen molar-refractivity contribution in [3.8, 4) is 11.1 Å². The minimum absolute atomic E-state index is 0.240. The molecule has 3 aromatic rings. The van der Waals surface area contributed by atoms with Gasteiger partial charge >= 0.3 is 0 Å². The standard InChI is InChI=1S/C21H17ClN4O2/c22-20-15(3-1-4-16(20)17-7-8-19(27)26-21(17)28)13-5-6-14(25-12-13)11-18-23-9-2-10-24-18/h1-6,9-10,12,17H,7-8,11H2,(H,26,27,28). The molecule has 0 saturated carbocycles. The van der Waals surface area contributed by atoms with Gasteiger partial charge in [0, 0.05) is 48.3 Å². The van der Waals surface area contributed by atoms with Gasteiger partial charge in [0.25, 0.3) is 0 Å². The van der Waals surface area contributed by atoms with Gasteiger partial charge in [0.2, 0.25) is 11.8 Å². The van der Waals surface area contributed by atoms with E-state index in [2.05, 4.69) is 20.3 Å². The van der Waals surface area contributed by atoms with E-state index in [4.69, 9.17) is 11.6 Å². The first-order valence-electron chi connectivity index (χ1n) is 8.95. The number of halogens is 1. The normalized spacial score (nSPS) is 16.7. The summed E-state index contributed by atoms with van der Waals surface area (Å²) in [5.41, 5.74) is 3.24. The van der Waals surface area contributed by atoms with Gasteiger partial charge in [0.05, 0.1) is 10.9 Å². The number of piperidine rings is 1. The second-order valence-corrected chi connectivity index (χ2v) is 6.97. The third kappa shape index (κ3) is 3.77. The van der Waals surface area contributed by atoms with E-state index in [0.29, 0.717) is 30.1 Å². The van der Waals surface area contributed by atoms with Crippen LogP contribution in [0.25, 0.3) is 11.1 Å². The highest BCUT2D eigenvalue weighted by atomic mass is 35.5. The lowest BCUT2D eigenvalue weighted by Crippen LogP contribution is -2.39. The number of benzene rings is 1. The number of imide groups is 1. The Hall–Kier alpha value is -3.12. The first-order valence-corrected chi connectivity index (χ1v) is 9.33. The van der Waals surface area contributed by atoms with E-state index < -0.39 is 5.92 Å². The fraction of sp³-hybridized carbons (Fsp3) is 0.190. The molecule has 1 saturated heterocycles. The van der Waals surface area contributed by atoms with Gasteiger partial charge in [-0.3, -0.25) is 19.9 Å². The number of nitrogens with one attached hydrogen (secondary N) is 1. The zero-order valence-corrected chi connectivity index (χ0v) is 15.7. The van der Waals surface area contributed by atoms with Crippen LogP contribution < -0.4 is 5.32 Å². The zero-order chi connectivity index (χ0) is 19.5. The highest BCUT2D eigenvalue weighted by Gasteiger charge is 2.30. The van der Waals surface area contributed by atoms with Crippen molar-refractivity contribution in [2.75, 3.05) is 0 Å². The van der Waals surface area contributed by atoms with Crippen molar-refractivity contribution in [2.45, 2.75) is 25.2 Å². The topological polar surface area (TPSA) is 84.8 Å². The molecule has 1 atom stereocenters. The minimum Gasteiger partial charge on any atom is -0.296 e. The summed E-state index contributed by atoms with van der Waals surface area (Å²) in [6.45, 7) is 0. The highest BCUT2D eigenvalue weighted by molar-refractivity contribution is 6.34. The van der Waals surface area contributed by atoms with E-state index >= 15 is 0 Å². The molecule has 2 aromatic heterocycles. The molecular formula is C21H17ClN4O2. The summed E-state index contributed by atoms with van der Waals surface area (Å²) in [6, 6.07) is 11.2. The van der Waals surface area contributed by atoms with E-state index in [1.165, 1.54) is 0 Å². The molecule has 1 unspecified atom stereocenters. The molecule has 7 heteroatoms. The SMILES string of the molecule is O=C1CCC(c2cccc(-c3ccc(Cc4ncccn4)nc3)c2Cl)C(=O)N1. The van der Waals surface area contributed by atoms with E-state index in [-0.39, 0.29) is 11.8 Å². The van der Waals surface area contributed by atoms with Crippen molar-refractivity contribution in [3.05, 3.63) is 77.1 Å². The number of carbonyl (C=O) groups excluding carboxylic acids is 2. The van der Waals surface area contributed by atoms with Crippen LogP contribution in [0.5, 0.6) is 0 Å². The number of carbonyl (C=O) groups is 2. The summed E-state index contributed by atoms with van der Waals surface area (Å²) >= 11 is 6.64. The molecule has 1 fully saturated rings. The molecule has 140 valence electrons. The van der Waals surface area contributed by atoms with Crippen LogP contribution >= 0.6 is 11.6 Å². The maximum Gasteiger partial charge on any atom is 0.234 e. The monoisotopic (exact) mass is 392 g/mol. The molecule has 1 aliphatic heterocycles. The van der Waals surface area contributed by atoms with E-state index in [9.17, 15) is 9.59 Å². The predicted octanol–water partition coefficient (Wildman–Crippen LogP) is 3.30. The van der Waals surface area contributed by atoms with E-state index in [0.717, 1.165) is 22.4 Å². The lowest BCUT2D eigenvalue weighted by molar-refractivity contribution is -0.134. The second-order valence-electron chi connectivity index (χ2n) is 6.59. The highest BCUT2D eigenvalue weighted by Crippen LogP contribution is 2.36. The fourth-order valence-corrected chi connectivity index (χ4v) is 3.67. The van der Waals surface area contributed by atoms with Crippen LogP contribution in [0.4, 0.5) is 0 Å². The Labute approximate surface area is 167 Å². The molecule has 28 heavy (non-hydrogen) atoms. The molecule has 6 nitrogen and oxygen atoms in total. The Morgan fingerprint density at radius 2 is 1.86 bits per heavy atom. The molecule has 1 aromatic carbocycles. The summed E-state index contributed by atoms with van der Waals surface area (Å²) in [4.78, 5) is 36.5. The van der Waals surface area contributed by atoms with Gasteiger partial charge in [0.15, 0.2) is 0 Å². The van der Waals surface area contributed by atoms with E-state index in [1.807, 2.05) is 30.3 Å². The third-order valence-electron chi connectivity index (χ3n) is 4.74. The zero-order valence-electron chi connectivity index (χ0n) is 14.9. The average Bonchev–Trinajstić information content (AvgIpc) is 2.70. The second kappa shape index (κ2) is 7.86. The summed E-state index contributed by atoms with van der Waals surface area (Å²) in [7, 11) is 0. The molecule has 1 N–H and O–H groups in total. The third-order valence-corrected chi connectivity index (χ3v) is 5.16. The number of hydrogen-bond acceptors (Lipinski definition) is 5. The maximum absolute atomic E-state index is 12.2. The number of aromatic nitrogens is 3. The van der Waals surface area contributed by atoms with Gasteiger partial charge < -0.3 is 0 Å². The van der Waals surface area contributed by atoms with Crippen molar-refractivity contribution >= 4 is 23.4 Å². The van der Waals surface area contributed by atoms with Gasteiger partial charge in [-0.25, -0.2) is 9.97 Å². The number of nitrogens with zero attached hydrogens (tertiary/aromatic N) is 3. The molecule has 0 aliphatic carbocycles. The molecule has 3 heterocycles. The van der Waals surface area contributed by atoms with Gasteiger partial charge in [-0.05, 0) is 24.1 Å². The number of rotatable bonds is 4. The summed E-state index contributed by atoms with van der Waals surface area (Å²) in [5, 5.41) is 2.90. The Balaban J connectivity index is 1.59. The quantitative estimate of drug-likeness (QED) is 0.688. The molecule has 0 spiro atoms. The van der Waals surface area contributed by atoms with Crippen LogP contribution in [0.15, 0.2) is 55.0 Å². The number of amides is 2. The van der Waals surface area contributed by atoms with E-state index in [1.54, 1.807) is 24.7 Å². The predicted molar refractivity (Wildman–Crippen MR) is 105 cm³/mol. The van der Waals surface area contributed by atoms with Crippen LogP contribution in [0.2, 0.25) is 5.02 Å². The largest absolute Gasteiger partial charge is 0.296 e. The Morgan fingerprint density at radius 3 is 2.57 bits per heavy atom. The first kappa shape index (κ1) is 18.3. The Morgan fingerprint density at radius 1 is 1.04 bits per heavy atom. The van der Waals surface area contributed by atoms with Gasteiger partial charge in [0.1, 0.15) is 5.82 Å². The van der Waals surface area contributed by atoms with Gasteiger partial charge in [-0.1, -0.05) is 35.9 Å². The van der Waals surface area contributed by atoms with Crippen molar-refractivity contribution in [1.82, 2.24) is 20.3 Å². The van der Waals surface area contributed by atoms with Crippen LogP contribution in [-0.2, 0) is 16.0 Å². The summed E-state index contributed by atoms with van der Waals surface area (Å²) in [5.74, 6) is -0.254. The summed E-state index contributed by atoms with van der Waals surface area (Å²) < 4.78 is 0. The molecule has 4 rings (SSSR count). The van der Waals surface area contributed by atoms with Crippen molar-refractivity contribution in [3.63, 3.8) is 0 Å². The lowest BCUT2D eigenvalue weighted by Gasteiger charge is -2.23. The van der Waals surface area contributed by atoms with Gasteiger partial charge in [-0.15, -0.1) is 0 Å². The Bertz CT molecular complexity index is 1020. The lowest BCUT2D eigenvalue weighted by atomic mass is 9.88. The first-order chi connectivity index (χ1) is 13.6. The van der Waals surface area contributed by atoms with Crippen molar-refractivity contribution < 1.29 is 9.59 Å². The van der Waals surface area contributed by atoms with Crippen molar-refractivity contribution in [2.24, 2.45) is 0 Å². The van der Waals surface area contributed by atoms with Crippen LogP contribution in [0, 0.1) is 0 Å². The molecular weight excluding hydrogens is 376 g/mol. The minimum atomic E-state index is -0.424.